The van der Waals surface area contributed by atoms with Crippen molar-refractivity contribution in [3.8, 4) is 5.75 Å². The van der Waals surface area contributed by atoms with Crippen LogP contribution < -0.4 is 10.1 Å². The quantitative estimate of drug-likeness (QED) is 0.730. The largest absolute Gasteiger partial charge is 0.496 e. The van der Waals surface area contributed by atoms with Crippen molar-refractivity contribution in [1.29, 1.82) is 0 Å². The molecule has 3 nitrogen and oxygen atoms in total. The van der Waals surface area contributed by atoms with Crippen molar-refractivity contribution in [1.82, 2.24) is 0 Å². The molecule has 1 amide bonds. The number of carbonyl (C=O) groups is 1. The Morgan fingerprint density at radius 3 is 2.27 bits per heavy atom. The van der Waals surface area contributed by atoms with Crippen LogP contribution in [0.1, 0.15) is 25.0 Å². The zero-order valence-corrected chi connectivity index (χ0v) is 15.3. The van der Waals surface area contributed by atoms with Gasteiger partial charge in [-0.2, -0.15) is 13.2 Å². The van der Waals surface area contributed by atoms with Crippen LogP contribution in [0.4, 0.5) is 18.9 Å². The predicted octanol–water partition coefficient (Wildman–Crippen LogP) is 5.57. The molecule has 0 heterocycles. The van der Waals surface area contributed by atoms with E-state index in [-0.39, 0.29) is 17.3 Å². The Kier molecular flexibility index (Phi) is 5.86. The average molecular weight is 386 g/mol. The molecular formula is C19H19ClF3NO2. The van der Waals surface area contributed by atoms with Crippen molar-refractivity contribution in [3.63, 3.8) is 0 Å². The van der Waals surface area contributed by atoms with Crippen LogP contribution in [0.3, 0.4) is 0 Å². The smallest absolute Gasteiger partial charge is 0.420 e. The molecule has 2 aromatic carbocycles. The van der Waals surface area contributed by atoms with Crippen LogP contribution in [0.25, 0.3) is 0 Å². The summed E-state index contributed by atoms with van der Waals surface area (Å²) in [6, 6.07) is 10.5. The first-order valence-electron chi connectivity index (χ1n) is 7.84. The molecule has 0 atom stereocenters. The standard InChI is InChI=1S/C19H19ClF3NO2/c1-18(2,11-12-4-6-13(20)7-5-12)17(25)24-14-8-9-16(26-3)15(10-14)19(21,22)23/h4-10H,11H2,1-3H3,(H,24,25). The first kappa shape index (κ1) is 20.1. The van der Waals surface area contributed by atoms with Crippen LogP contribution in [0, 0.1) is 5.41 Å². The fraction of sp³-hybridized carbons (Fsp3) is 0.316. The van der Waals surface area contributed by atoms with Gasteiger partial charge in [-0.15, -0.1) is 0 Å². The van der Waals surface area contributed by atoms with Gasteiger partial charge in [0.2, 0.25) is 5.91 Å². The van der Waals surface area contributed by atoms with E-state index < -0.39 is 17.2 Å². The number of hydrogen-bond donors (Lipinski definition) is 1. The first-order valence-corrected chi connectivity index (χ1v) is 8.22. The summed E-state index contributed by atoms with van der Waals surface area (Å²) in [5, 5.41) is 3.15. The molecule has 0 bridgehead atoms. The average Bonchev–Trinajstić information content (AvgIpc) is 2.56. The second-order valence-corrected chi connectivity index (χ2v) is 6.99. The number of amides is 1. The van der Waals surface area contributed by atoms with Gasteiger partial charge >= 0.3 is 6.18 Å². The van der Waals surface area contributed by atoms with E-state index in [9.17, 15) is 18.0 Å². The van der Waals surface area contributed by atoms with Gasteiger partial charge in [0.15, 0.2) is 0 Å². The molecule has 0 saturated carbocycles. The van der Waals surface area contributed by atoms with Crippen molar-refractivity contribution in [2.24, 2.45) is 5.41 Å². The van der Waals surface area contributed by atoms with Crippen LogP contribution in [0.5, 0.6) is 5.75 Å². The van der Waals surface area contributed by atoms with Gasteiger partial charge < -0.3 is 10.1 Å². The number of alkyl halides is 3. The number of hydrogen-bond acceptors (Lipinski definition) is 2. The van der Waals surface area contributed by atoms with Crippen LogP contribution in [0.2, 0.25) is 5.02 Å². The Balaban J connectivity index is 2.19. The van der Waals surface area contributed by atoms with Gasteiger partial charge in [0, 0.05) is 16.1 Å². The molecule has 0 aromatic heterocycles. The second kappa shape index (κ2) is 7.58. The van der Waals surface area contributed by atoms with Gasteiger partial charge in [-0.3, -0.25) is 4.79 Å². The summed E-state index contributed by atoms with van der Waals surface area (Å²) in [6.45, 7) is 3.45. The lowest BCUT2D eigenvalue weighted by molar-refractivity contribution is -0.138. The Labute approximate surface area is 155 Å². The number of nitrogens with one attached hydrogen (secondary N) is 1. The maximum Gasteiger partial charge on any atom is 0.420 e. The predicted molar refractivity (Wildman–Crippen MR) is 95.6 cm³/mol. The summed E-state index contributed by atoms with van der Waals surface area (Å²) in [5.74, 6) is -0.679. The highest BCUT2D eigenvalue weighted by molar-refractivity contribution is 6.30. The number of rotatable bonds is 5. The van der Waals surface area contributed by atoms with Crippen molar-refractivity contribution >= 4 is 23.2 Å². The van der Waals surface area contributed by atoms with Crippen LogP contribution in [-0.2, 0) is 17.4 Å². The molecule has 0 aliphatic heterocycles. The molecule has 26 heavy (non-hydrogen) atoms. The fourth-order valence-corrected chi connectivity index (χ4v) is 2.63. The molecule has 0 unspecified atom stereocenters. The molecule has 0 spiro atoms. The van der Waals surface area contributed by atoms with Crippen molar-refractivity contribution in [2.75, 3.05) is 12.4 Å². The molecule has 0 aliphatic carbocycles. The van der Waals surface area contributed by atoms with Crippen molar-refractivity contribution in [3.05, 3.63) is 58.6 Å². The number of anilines is 1. The van der Waals surface area contributed by atoms with Crippen LogP contribution in [-0.4, -0.2) is 13.0 Å². The highest BCUT2D eigenvalue weighted by Gasteiger charge is 2.35. The first-order chi connectivity index (χ1) is 12.0. The summed E-state index contributed by atoms with van der Waals surface area (Å²) >= 11 is 5.85. The fourth-order valence-electron chi connectivity index (χ4n) is 2.50. The molecule has 0 fully saturated rings. The molecular weight excluding hydrogens is 367 g/mol. The Hall–Kier alpha value is -2.21. The number of methoxy groups -OCH3 is 1. The summed E-state index contributed by atoms with van der Waals surface area (Å²) in [4.78, 5) is 12.6. The van der Waals surface area contributed by atoms with E-state index in [0.717, 1.165) is 18.7 Å². The number of ether oxygens (including phenoxy) is 1. The normalized spacial score (nSPS) is 12.0. The van der Waals surface area contributed by atoms with E-state index in [4.69, 9.17) is 16.3 Å². The molecule has 2 rings (SSSR count). The Morgan fingerprint density at radius 1 is 1.12 bits per heavy atom. The summed E-state index contributed by atoms with van der Waals surface area (Å²) < 4.78 is 44.1. The van der Waals surface area contributed by atoms with Crippen LogP contribution >= 0.6 is 11.6 Å². The van der Waals surface area contributed by atoms with E-state index in [1.165, 1.54) is 12.1 Å². The molecule has 140 valence electrons. The monoisotopic (exact) mass is 385 g/mol. The highest BCUT2D eigenvalue weighted by atomic mass is 35.5. The van der Waals surface area contributed by atoms with Crippen molar-refractivity contribution < 1.29 is 22.7 Å². The maximum absolute atomic E-state index is 13.1. The van der Waals surface area contributed by atoms with Gasteiger partial charge in [0.25, 0.3) is 0 Å². The van der Waals surface area contributed by atoms with Gasteiger partial charge in [0.1, 0.15) is 5.75 Å². The topological polar surface area (TPSA) is 38.3 Å². The van der Waals surface area contributed by atoms with Crippen molar-refractivity contribution in [2.45, 2.75) is 26.4 Å². The third-order valence-corrected chi connectivity index (χ3v) is 4.19. The third kappa shape index (κ3) is 4.91. The maximum atomic E-state index is 13.1. The second-order valence-electron chi connectivity index (χ2n) is 6.55. The Morgan fingerprint density at radius 2 is 1.73 bits per heavy atom. The third-order valence-electron chi connectivity index (χ3n) is 3.94. The van der Waals surface area contributed by atoms with E-state index in [0.29, 0.717) is 11.4 Å². The SMILES string of the molecule is COc1ccc(NC(=O)C(C)(C)Cc2ccc(Cl)cc2)cc1C(F)(F)F. The zero-order chi connectivity index (χ0) is 19.5. The molecule has 7 heteroatoms. The number of carbonyl (C=O) groups excluding carboxylic acids is 1. The van der Waals surface area contributed by atoms with Gasteiger partial charge in [-0.25, -0.2) is 0 Å². The highest BCUT2D eigenvalue weighted by Crippen LogP contribution is 2.38. The summed E-state index contributed by atoms with van der Waals surface area (Å²) in [6.07, 6.45) is -4.16. The minimum Gasteiger partial charge on any atom is -0.496 e. The number of benzene rings is 2. The van der Waals surface area contributed by atoms with E-state index in [2.05, 4.69) is 5.32 Å². The zero-order valence-electron chi connectivity index (χ0n) is 14.6. The van der Waals surface area contributed by atoms with E-state index in [1.807, 2.05) is 12.1 Å². The minimum absolute atomic E-state index is 0.0623. The van der Waals surface area contributed by atoms with Crippen LogP contribution in [0.15, 0.2) is 42.5 Å². The Bertz CT molecular complexity index is 786. The lowest BCUT2D eigenvalue weighted by Gasteiger charge is -2.24. The number of halogens is 4. The molecule has 1 N–H and O–H groups in total. The summed E-state index contributed by atoms with van der Waals surface area (Å²) in [5.41, 5.74) is -0.799. The lowest BCUT2D eigenvalue weighted by atomic mass is 9.84. The molecule has 0 aliphatic rings. The lowest BCUT2D eigenvalue weighted by Crippen LogP contribution is -2.32. The molecule has 2 aromatic rings. The van der Waals surface area contributed by atoms with E-state index in [1.54, 1.807) is 26.0 Å². The molecule has 0 radical (unpaired) electrons. The van der Waals surface area contributed by atoms with E-state index >= 15 is 0 Å². The van der Waals surface area contributed by atoms with Gasteiger partial charge in [0.05, 0.1) is 12.7 Å². The molecule has 0 saturated heterocycles. The minimum atomic E-state index is -4.58. The van der Waals surface area contributed by atoms with Gasteiger partial charge in [-0.1, -0.05) is 37.6 Å². The van der Waals surface area contributed by atoms with Gasteiger partial charge in [-0.05, 0) is 42.3 Å². The summed E-state index contributed by atoms with van der Waals surface area (Å²) in [7, 11) is 1.16.